The van der Waals surface area contributed by atoms with Crippen LogP contribution in [0.25, 0.3) is 0 Å². The van der Waals surface area contributed by atoms with Gasteiger partial charge in [0.05, 0.1) is 18.8 Å². The first-order valence-corrected chi connectivity index (χ1v) is 10.7. The van der Waals surface area contributed by atoms with E-state index in [4.69, 9.17) is 4.42 Å². The Bertz CT molecular complexity index is 744. The minimum atomic E-state index is -1.02. The summed E-state index contributed by atoms with van der Waals surface area (Å²) in [6.45, 7) is 7.76. The summed E-state index contributed by atoms with van der Waals surface area (Å²) in [6, 6.07) is 13.8. The van der Waals surface area contributed by atoms with E-state index in [0.717, 1.165) is 31.0 Å². The molecule has 0 aliphatic carbocycles. The van der Waals surface area contributed by atoms with Gasteiger partial charge in [-0.2, -0.15) is 0 Å². The van der Waals surface area contributed by atoms with Crippen molar-refractivity contribution in [3.63, 3.8) is 0 Å². The van der Waals surface area contributed by atoms with Crippen molar-refractivity contribution >= 4 is 29.9 Å². The average Bonchev–Trinajstić information content (AvgIpc) is 3.28. The van der Waals surface area contributed by atoms with E-state index in [1.54, 1.807) is 13.2 Å². The lowest BCUT2D eigenvalue weighted by Crippen LogP contribution is -2.45. The lowest BCUT2D eigenvalue weighted by atomic mass is 9.96. The summed E-state index contributed by atoms with van der Waals surface area (Å²) in [5.74, 6) is 1.68. The van der Waals surface area contributed by atoms with Gasteiger partial charge in [-0.1, -0.05) is 36.8 Å². The molecule has 2 aromatic rings. The fourth-order valence-corrected chi connectivity index (χ4v) is 3.78. The molecule has 1 aromatic carbocycles. The zero-order valence-electron chi connectivity index (χ0n) is 18.0. The fraction of sp³-hybridized carbons (Fsp3) is 0.522. The lowest BCUT2D eigenvalue weighted by molar-refractivity contribution is 0.0672. The second-order valence-corrected chi connectivity index (χ2v) is 7.84. The number of likely N-dealkylation sites (tertiary alicyclic amines) is 1. The van der Waals surface area contributed by atoms with E-state index >= 15 is 0 Å². The van der Waals surface area contributed by atoms with Gasteiger partial charge < -0.3 is 20.2 Å². The number of hydrogen-bond acceptors (Lipinski definition) is 4. The van der Waals surface area contributed by atoms with E-state index < -0.39 is 5.60 Å². The number of aliphatic hydroxyl groups is 1. The SMILES string of the molecule is CCNC(=NCC(C)(O)c1ccccc1)NCC(c1ccco1)N1CCCCC1.I. The van der Waals surface area contributed by atoms with Crippen molar-refractivity contribution in [2.75, 3.05) is 32.7 Å². The van der Waals surface area contributed by atoms with Crippen LogP contribution in [0, 0.1) is 0 Å². The van der Waals surface area contributed by atoms with Gasteiger partial charge in [-0.15, -0.1) is 24.0 Å². The molecule has 2 heterocycles. The van der Waals surface area contributed by atoms with Crippen LogP contribution in [-0.4, -0.2) is 48.7 Å². The normalized spacial score (nSPS) is 18.2. The van der Waals surface area contributed by atoms with E-state index in [1.807, 2.05) is 49.4 Å². The Hall–Kier alpha value is -1.58. The van der Waals surface area contributed by atoms with Crippen molar-refractivity contribution in [2.24, 2.45) is 4.99 Å². The number of furan rings is 1. The highest BCUT2D eigenvalue weighted by Gasteiger charge is 2.25. The fourth-order valence-electron chi connectivity index (χ4n) is 3.78. The van der Waals surface area contributed by atoms with Gasteiger partial charge in [0, 0.05) is 13.1 Å². The predicted octanol–water partition coefficient (Wildman–Crippen LogP) is 3.89. The molecular formula is C23H35IN4O2. The molecule has 3 N–H and O–H groups in total. The molecule has 1 aliphatic heterocycles. The molecule has 1 aliphatic rings. The minimum Gasteiger partial charge on any atom is -0.468 e. The topological polar surface area (TPSA) is 73.0 Å². The summed E-state index contributed by atoms with van der Waals surface area (Å²) < 4.78 is 5.73. The largest absolute Gasteiger partial charge is 0.468 e. The summed E-state index contributed by atoms with van der Waals surface area (Å²) in [5.41, 5.74) is -0.155. The van der Waals surface area contributed by atoms with Crippen LogP contribution < -0.4 is 10.6 Å². The van der Waals surface area contributed by atoms with Gasteiger partial charge in [-0.3, -0.25) is 4.90 Å². The first-order valence-electron chi connectivity index (χ1n) is 10.7. The van der Waals surface area contributed by atoms with Crippen LogP contribution in [0.1, 0.15) is 50.5 Å². The van der Waals surface area contributed by atoms with Gasteiger partial charge in [-0.05, 0) is 57.5 Å². The number of nitrogens with zero attached hydrogens (tertiary/aromatic N) is 2. The maximum Gasteiger partial charge on any atom is 0.191 e. The van der Waals surface area contributed by atoms with Crippen LogP contribution in [0.15, 0.2) is 58.1 Å². The molecule has 0 amide bonds. The zero-order chi connectivity index (χ0) is 20.5. The van der Waals surface area contributed by atoms with Crippen LogP contribution in [0.2, 0.25) is 0 Å². The van der Waals surface area contributed by atoms with Crippen LogP contribution in [0.4, 0.5) is 0 Å². The zero-order valence-corrected chi connectivity index (χ0v) is 20.3. The van der Waals surface area contributed by atoms with E-state index in [1.165, 1.54) is 19.3 Å². The third kappa shape index (κ3) is 6.99. The number of halogens is 1. The molecule has 30 heavy (non-hydrogen) atoms. The van der Waals surface area contributed by atoms with Gasteiger partial charge in [0.2, 0.25) is 0 Å². The third-order valence-electron chi connectivity index (χ3n) is 5.45. The Balaban J connectivity index is 0.00000320. The van der Waals surface area contributed by atoms with E-state index in [9.17, 15) is 5.11 Å². The lowest BCUT2D eigenvalue weighted by Gasteiger charge is -2.33. The van der Waals surface area contributed by atoms with E-state index in [0.29, 0.717) is 12.5 Å². The molecule has 0 radical (unpaired) electrons. The third-order valence-corrected chi connectivity index (χ3v) is 5.45. The van der Waals surface area contributed by atoms with Crippen LogP contribution in [0.3, 0.4) is 0 Å². The molecule has 1 aromatic heterocycles. The smallest absolute Gasteiger partial charge is 0.191 e. The summed E-state index contributed by atoms with van der Waals surface area (Å²) in [5, 5.41) is 17.6. The predicted molar refractivity (Wildman–Crippen MR) is 132 cm³/mol. The molecule has 2 unspecified atom stereocenters. The first-order chi connectivity index (χ1) is 14.1. The molecule has 1 fully saturated rings. The number of hydrogen-bond donors (Lipinski definition) is 3. The van der Waals surface area contributed by atoms with Gasteiger partial charge in [0.1, 0.15) is 11.4 Å². The Kier molecular flexibility index (Phi) is 10.1. The van der Waals surface area contributed by atoms with Crippen LogP contribution in [-0.2, 0) is 5.60 Å². The Labute approximate surface area is 197 Å². The molecule has 0 saturated carbocycles. The maximum atomic E-state index is 10.8. The molecule has 2 atom stereocenters. The standard InChI is InChI=1S/C23H34N4O2.HI/c1-3-24-22(26-18-23(2,28)19-11-6-4-7-12-19)25-17-20(21-13-10-16-29-21)27-14-8-5-9-15-27;/h4,6-7,10-13,16,20,28H,3,5,8-9,14-15,17-18H2,1-2H3,(H2,24,25,26);1H. The number of piperidine rings is 1. The molecule has 0 bridgehead atoms. The van der Waals surface area contributed by atoms with Gasteiger partial charge >= 0.3 is 0 Å². The minimum absolute atomic E-state index is 0. The summed E-state index contributed by atoms with van der Waals surface area (Å²) >= 11 is 0. The molecule has 3 rings (SSSR count). The highest BCUT2D eigenvalue weighted by atomic mass is 127. The van der Waals surface area contributed by atoms with Gasteiger partial charge in [0.25, 0.3) is 0 Å². The van der Waals surface area contributed by atoms with Crippen LogP contribution in [0.5, 0.6) is 0 Å². The number of benzene rings is 1. The Morgan fingerprint density at radius 1 is 1.13 bits per heavy atom. The Morgan fingerprint density at radius 3 is 2.50 bits per heavy atom. The summed E-state index contributed by atoms with van der Waals surface area (Å²) in [7, 11) is 0. The molecule has 0 spiro atoms. The van der Waals surface area contributed by atoms with Crippen LogP contribution >= 0.6 is 24.0 Å². The van der Waals surface area contributed by atoms with Gasteiger partial charge in [-0.25, -0.2) is 4.99 Å². The molecule has 166 valence electrons. The van der Waals surface area contributed by atoms with Crippen molar-refractivity contribution in [3.05, 3.63) is 60.1 Å². The van der Waals surface area contributed by atoms with Crippen molar-refractivity contribution in [1.82, 2.24) is 15.5 Å². The maximum absolute atomic E-state index is 10.8. The van der Waals surface area contributed by atoms with E-state index in [-0.39, 0.29) is 36.6 Å². The molecule has 7 heteroatoms. The summed E-state index contributed by atoms with van der Waals surface area (Å²) in [6.07, 6.45) is 5.49. The van der Waals surface area contributed by atoms with E-state index in [2.05, 4.69) is 20.5 Å². The second-order valence-electron chi connectivity index (χ2n) is 7.84. The van der Waals surface area contributed by atoms with Crippen molar-refractivity contribution in [2.45, 2.75) is 44.8 Å². The average molecular weight is 526 g/mol. The molecular weight excluding hydrogens is 491 g/mol. The quantitative estimate of drug-likeness (QED) is 0.277. The monoisotopic (exact) mass is 526 g/mol. The summed E-state index contributed by atoms with van der Waals surface area (Å²) in [4.78, 5) is 7.14. The molecule has 1 saturated heterocycles. The molecule has 6 nitrogen and oxygen atoms in total. The number of aliphatic imine (C=N–C) groups is 1. The van der Waals surface area contributed by atoms with Crippen molar-refractivity contribution in [3.8, 4) is 0 Å². The van der Waals surface area contributed by atoms with Crippen molar-refractivity contribution in [1.29, 1.82) is 0 Å². The highest BCUT2D eigenvalue weighted by molar-refractivity contribution is 14.0. The van der Waals surface area contributed by atoms with Crippen molar-refractivity contribution < 1.29 is 9.52 Å². The number of guanidine groups is 1. The Morgan fingerprint density at radius 2 is 1.87 bits per heavy atom. The first kappa shape index (κ1) is 24.7. The number of nitrogens with one attached hydrogen (secondary N) is 2. The number of rotatable bonds is 8. The second kappa shape index (κ2) is 12.3. The van der Waals surface area contributed by atoms with Gasteiger partial charge in [0.15, 0.2) is 5.96 Å². The highest BCUT2D eigenvalue weighted by Crippen LogP contribution is 2.24.